The summed E-state index contributed by atoms with van der Waals surface area (Å²) < 4.78 is 15.3. The van der Waals surface area contributed by atoms with Crippen LogP contribution in [0, 0.1) is 5.82 Å². The van der Waals surface area contributed by atoms with Crippen LogP contribution in [0.4, 0.5) is 10.1 Å². The van der Waals surface area contributed by atoms with Gasteiger partial charge in [-0.2, -0.15) is 0 Å². The lowest BCUT2D eigenvalue weighted by atomic mass is 10.2. The van der Waals surface area contributed by atoms with Gasteiger partial charge in [0, 0.05) is 10.2 Å². The average Bonchev–Trinajstić information content (AvgIpc) is 2.54. The summed E-state index contributed by atoms with van der Waals surface area (Å²) in [6.07, 6.45) is 1.31. The number of halogens is 3. The Kier molecular flexibility index (Phi) is 4.64. The predicted molar refractivity (Wildman–Crippen MR) is 93.7 cm³/mol. The number of amides is 1. The molecule has 0 radical (unpaired) electrons. The number of nitrogens with one attached hydrogen (secondary N) is 1. The lowest BCUT2D eigenvalue weighted by Gasteiger charge is -2.08. The molecule has 3 aromatic rings. The zero-order chi connectivity index (χ0) is 17.3. The molecule has 0 fully saturated rings. The Morgan fingerprint density at radius 1 is 1.29 bits per heavy atom. The van der Waals surface area contributed by atoms with E-state index in [2.05, 4.69) is 26.2 Å². The number of nitrogens with zero attached hydrogens (tertiary/aromatic N) is 2. The fourth-order valence-corrected chi connectivity index (χ4v) is 2.65. The van der Waals surface area contributed by atoms with E-state index in [1.807, 2.05) is 0 Å². The first-order valence-corrected chi connectivity index (χ1v) is 8.01. The number of benzene rings is 2. The minimum atomic E-state index is -0.635. The number of hydrogen-bond acceptors (Lipinski definition) is 3. The van der Waals surface area contributed by atoms with Crippen LogP contribution < -0.4 is 10.9 Å². The van der Waals surface area contributed by atoms with Crippen molar-refractivity contribution in [2.75, 3.05) is 5.32 Å². The zero-order valence-electron chi connectivity index (χ0n) is 12.1. The SMILES string of the molecule is O=C(Cn1cnc2ccc(Br)cc2c1=O)Nc1ccc(Cl)c(F)c1. The van der Waals surface area contributed by atoms with Gasteiger partial charge in [-0.25, -0.2) is 9.37 Å². The summed E-state index contributed by atoms with van der Waals surface area (Å²) in [5.41, 5.74) is 0.463. The van der Waals surface area contributed by atoms with Gasteiger partial charge in [0.2, 0.25) is 5.91 Å². The molecule has 5 nitrogen and oxygen atoms in total. The van der Waals surface area contributed by atoms with E-state index in [1.165, 1.54) is 23.0 Å². The fraction of sp³-hybridized carbons (Fsp3) is 0.0625. The summed E-state index contributed by atoms with van der Waals surface area (Å²) >= 11 is 8.89. The van der Waals surface area contributed by atoms with E-state index >= 15 is 0 Å². The largest absolute Gasteiger partial charge is 0.324 e. The van der Waals surface area contributed by atoms with Gasteiger partial charge in [-0.05, 0) is 36.4 Å². The quantitative estimate of drug-likeness (QED) is 0.718. The van der Waals surface area contributed by atoms with Crippen LogP contribution in [0.25, 0.3) is 10.9 Å². The van der Waals surface area contributed by atoms with Crippen molar-refractivity contribution in [3.05, 3.63) is 68.4 Å². The maximum atomic E-state index is 13.4. The van der Waals surface area contributed by atoms with Gasteiger partial charge >= 0.3 is 0 Å². The van der Waals surface area contributed by atoms with Crippen molar-refractivity contribution < 1.29 is 9.18 Å². The smallest absolute Gasteiger partial charge is 0.261 e. The predicted octanol–water partition coefficient (Wildman–Crippen LogP) is 3.59. The first-order valence-electron chi connectivity index (χ1n) is 6.83. The highest BCUT2D eigenvalue weighted by Crippen LogP contribution is 2.18. The lowest BCUT2D eigenvalue weighted by molar-refractivity contribution is -0.116. The number of aromatic nitrogens is 2. The minimum Gasteiger partial charge on any atom is -0.324 e. The van der Waals surface area contributed by atoms with Crippen molar-refractivity contribution in [1.82, 2.24) is 9.55 Å². The van der Waals surface area contributed by atoms with Crippen molar-refractivity contribution in [2.24, 2.45) is 0 Å². The van der Waals surface area contributed by atoms with Crippen LogP contribution >= 0.6 is 27.5 Å². The van der Waals surface area contributed by atoms with E-state index in [9.17, 15) is 14.0 Å². The van der Waals surface area contributed by atoms with Gasteiger partial charge in [0.25, 0.3) is 5.56 Å². The number of anilines is 1. The van der Waals surface area contributed by atoms with E-state index in [0.717, 1.165) is 10.5 Å². The molecule has 0 bridgehead atoms. The summed E-state index contributed by atoms with van der Waals surface area (Å²) in [4.78, 5) is 28.6. The second-order valence-electron chi connectivity index (χ2n) is 5.02. The summed E-state index contributed by atoms with van der Waals surface area (Å²) in [5, 5.41) is 2.88. The third-order valence-electron chi connectivity index (χ3n) is 3.30. The highest BCUT2D eigenvalue weighted by molar-refractivity contribution is 9.10. The second kappa shape index (κ2) is 6.70. The molecular formula is C16H10BrClFN3O2. The molecule has 1 amide bonds. The van der Waals surface area contributed by atoms with Gasteiger partial charge in [0.1, 0.15) is 12.4 Å². The van der Waals surface area contributed by atoms with E-state index in [4.69, 9.17) is 11.6 Å². The normalized spacial score (nSPS) is 10.8. The third kappa shape index (κ3) is 3.47. The molecule has 8 heteroatoms. The zero-order valence-corrected chi connectivity index (χ0v) is 14.4. The standard InChI is InChI=1S/C16H10BrClFN3O2/c17-9-1-4-14-11(5-9)16(24)22(8-20-14)7-15(23)21-10-2-3-12(18)13(19)6-10/h1-6,8H,7H2,(H,21,23). The van der Waals surface area contributed by atoms with Gasteiger partial charge in [0.05, 0.1) is 22.3 Å². The molecule has 0 saturated heterocycles. The van der Waals surface area contributed by atoms with Crippen LogP contribution in [0.2, 0.25) is 5.02 Å². The van der Waals surface area contributed by atoms with Gasteiger partial charge in [0.15, 0.2) is 0 Å². The molecule has 2 aromatic carbocycles. The number of rotatable bonds is 3. The minimum absolute atomic E-state index is 0.0338. The molecule has 0 saturated carbocycles. The van der Waals surface area contributed by atoms with Crippen molar-refractivity contribution >= 4 is 50.0 Å². The van der Waals surface area contributed by atoms with Crippen molar-refractivity contribution in [2.45, 2.75) is 6.54 Å². The van der Waals surface area contributed by atoms with Crippen molar-refractivity contribution in [1.29, 1.82) is 0 Å². The van der Waals surface area contributed by atoms with Crippen LogP contribution in [0.15, 0.2) is 52.0 Å². The number of fused-ring (bicyclic) bond motifs is 1. The first-order chi connectivity index (χ1) is 11.4. The molecule has 0 spiro atoms. The second-order valence-corrected chi connectivity index (χ2v) is 6.34. The molecule has 1 heterocycles. The van der Waals surface area contributed by atoms with E-state index in [1.54, 1.807) is 18.2 Å². The molecule has 0 aliphatic rings. The summed E-state index contributed by atoms with van der Waals surface area (Å²) in [5.74, 6) is -1.11. The van der Waals surface area contributed by atoms with Gasteiger partial charge in [-0.3, -0.25) is 14.2 Å². The highest BCUT2D eigenvalue weighted by Gasteiger charge is 2.10. The molecule has 0 aliphatic carbocycles. The molecule has 1 N–H and O–H groups in total. The summed E-state index contributed by atoms with van der Waals surface area (Å²) in [6.45, 7) is -0.238. The van der Waals surface area contributed by atoms with Crippen LogP contribution in [0.5, 0.6) is 0 Å². The Bertz CT molecular complexity index is 1010. The summed E-state index contributed by atoms with van der Waals surface area (Å²) in [7, 11) is 0. The molecule has 0 aliphatic heterocycles. The molecule has 0 unspecified atom stereocenters. The van der Waals surface area contributed by atoms with Gasteiger partial charge < -0.3 is 5.32 Å². The number of hydrogen-bond donors (Lipinski definition) is 1. The van der Waals surface area contributed by atoms with E-state index < -0.39 is 11.7 Å². The molecule has 122 valence electrons. The number of carbonyl (C=O) groups excluding carboxylic acids is 1. The van der Waals surface area contributed by atoms with Crippen LogP contribution in [0.3, 0.4) is 0 Å². The third-order valence-corrected chi connectivity index (χ3v) is 4.10. The van der Waals surface area contributed by atoms with Crippen LogP contribution in [-0.2, 0) is 11.3 Å². The molecule has 3 rings (SSSR count). The maximum absolute atomic E-state index is 13.4. The van der Waals surface area contributed by atoms with Crippen LogP contribution in [-0.4, -0.2) is 15.5 Å². The van der Waals surface area contributed by atoms with E-state index in [0.29, 0.717) is 10.9 Å². The first kappa shape index (κ1) is 16.6. The fourth-order valence-electron chi connectivity index (χ4n) is 2.17. The topological polar surface area (TPSA) is 64.0 Å². The maximum Gasteiger partial charge on any atom is 0.261 e. The van der Waals surface area contributed by atoms with E-state index in [-0.39, 0.29) is 22.8 Å². The van der Waals surface area contributed by atoms with Crippen molar-refractivity contribution in [3.63, 3.8) is 0 Å². The van der Waals surface area contributed by atoms with Crippen molar-refractivity contribution in [3.8, 4) is 0 Å². The summed E-state index contributed by atoms with van der Waals surface area (Å²) in [6, 6.07) is 9.06. The lowest BCUT2D eigenvalue weighted by Crippen LogP contribution is -2.27. The molecular weight excluding hydrogens is 401 g/mol. The Morgan fingerprint density at radius 3 is 2.83 bits per heavy atom. The average molecular weight is 411 g/mol. The van der Waals surface area contributed by atoms with Crippen LogP contribution in [0.1, 0.15) is 0 Å². The molecule has 0 atom stereocenters. The monoisotopic (exact) mass is 409 g/mol. The Hall–Kier alpha value is -2.25. The van der Waals surface area contributed by atoms with Gasteiger partial charge in [-0.15, -0.1) is 0 Å². The Balaban J connectivity index is 1.84. The Morgan fingerprint density at radius 2 is 2.08 bits per heavy atom. The molecule has 24 heavy (non-hydrogen) atoms. The Labute approximate surface area is 149 Å². The highest BCUT2D eigenvalue weighted by atomic mass is 79.9. The molecule has 1 aromatic heterocycles. The van der Waals surface area contributed by atoms with Gasteiger partial charge in [-0.1, -0.05) is 27.5 Å². The number of carbonyl (C=O) groups is 1.